The SMILES string of the molecule is CCCCCCc1ncc(/C=C/C(O[Si](C)(C)C(C)(C)C)C(CCCC(=O)OC)O[Si](C)(C)C(C)(C)C)c2ccccc12. The van der Waals surface area contributed by atoms with Crippen LogP contribution in [-0.2, 0) is 24.8 Å². The molecule has 0 aliphatic carbocycles. The van der Waals surface area contributed by atoms with E-state index in [1.54, 1.807) is 0 Å². The number of fused-ring (bicyclic) bond motifs is 1. The van der Waals surface area contributed by atoms with Gasteiger partial charge in [-0.25, -0.2) is 0 Å². The minimum absolute atomic E-state index is 0.0420. The Bertz CT molecular complexity index is 1190. The van der Waals surface area contributed by atoms with Gasteiger partial charge < -0.3 is 13.6 Å². The number of carbonyl (C=O) groups excluding carboxylic acids is 1. The molecule has 43 heavy (non-hydrogen) atoms. The summed E-state index contributed by atoms with van der Waals surface area (Å²) in [4.78, 5) is 17.0. The second kappa shape index (κ2) is 16.0. The Hall–Kier alpha value is -1.81. The van der Waals surface area contributed by atoms with Gasteiger partial charge in [-0.1, -0.05) is 104 Å². The molecule has 0 saturated carbocycles. The van der Waals surface area contributed by atoms with Crippen molar-refractivity contribution in [1.29, 1.82) is 0 Å². The lowest BCUT2D eigenvalue weighted by Crippen LogP contribution is -2.51. The van der Waals surface area contributed by atoms with Crippen LogP contribution in [0, 0.1) is 0 Å². The predicted octanol–water partition coefficient (Wildman–Crippen LogP) is 10.5. The highest BCUT2D eigenvalue weighted by Crippen LogP contribution is 2.41. The van der Waals surface area contributed by atoms with Gasteiger partial charge in [0.1, 0.15) is 0 Å². The molecule has 5 nitrogen and oxygen atoms in total. The summed E-state index contributed by atoms with van der Waals surface area (Å²) in [6.07, 6.45) is 13.7. The highest BCUT2D eigenvalue weighted by molar-refractivity contribution is 6.74. The number of nitrogens with zero attached hydrogens (tertiary/aromatic N) is 1. The molecule has 2 atom stereocenters. The van der Waals surface area contributed by atoms with Crippen molar-refractivity contribution in [1.82, 2.24) is 4.98 Å². The normalized spacial score (nSPS) is 14.8. The molecular weight excluding hydrogens is 567 g/mol. The molecular formula is C36H61NO4Si2. The minimum Gasteiger partial charge on any atom is -0.469 e. The Labute approximate surface area is 265 Å². The lowest BCUT2D eigenvalue weighted by molar-refractivity contribution is -0.140. The molecule has 0 aliphatic heterocycles. The van der Waals surface area contributed by atoms with Crippen LogP contribution in [0.4, 0.5) is 0 Å². The number of rotatable bonds is 16. The zero-order valence-electron chi connectivity index (χ0n) is 29.4. The van der Waals surface area contributed by atoms with Crippen LogP contribution in [0.2, 0.25) is 36.3 Å². The summed E-state index contributed by atoms with van der Waals surface area (Å²) in [5.74, 6) is -0.184. The topological polar surface area (TPSA) is 57.7 Å². The first-order chi connectivity index (χ1) is 19.9. The van der Waals surface area contributed by atoms with Crippen molar-refractivity contribution < 1.29 is 18.4 Å². The van der Waals surface area contributed by atoms with E-state index in [1.807, 2.05) is 6.20 Å². The summed E-state index contributed by atoms with van der Waals surface area (Å²) in [7, 11) is -2.86. The maximum Gasteiger partial charge on any atom is 0.305 e. The number of benzene rings is 1. The van der Waals surface area contributed by atoms with E-state index in [0.29, 0.717) is 12.8 Å². The van der Waals surface area contributed by atoms with Crippen molar-refractivity contribution in [3.63, 3.8) is 0 Å². The Morgan fingerprint density at radius 1 is 0.884 bits per heavy atom. The lowest BCUT2D eigenvalue weighted by Gasteiger charge is -2.44. The van der Waals surface area contributed by atoms with E-state index in [2.05, 4.69) is 111 Å². The zero-order valence-corrected chi connectivity index (χ0v) is 31.4. The number of hydrogen-bond acceptors (Lipinski definition) is 5. The number of esters is 1. The van der Waals surface area contributed by atoms with Crippen molar-refractivity contribution in [2.45, 2.75) is 148 Å². The Kier molecular flexibility index (Phi) is 13.9. The summed E-state index contributed by atoms with van der Waals surface area (Å²) in [6.45, 7) is 25.1. The summed E-state index contributed by atoms with van der Waals surface area (Å²) >= 11 is 0. The maximum atomic E-state index is 12.0. The molecule has 2 unspecified atom stereocenters. The average molecular weight is 628 g/mol. The molecule has 0 N–H and O–H groups in total. The van der Waals surface area contributed by atoms with Gasteiger partial charge in [0, 0.05) is 29.3 Å². The van der Waals surface area contributed by atoms with E-state index in [4.69, 9.17) is 18.6 Å². The Balaban J connectivity index is 2.55. The molecule has 0 spiro atoms. The first-order valence-corrected chi connectivity index (χ1v) is 22.2. The fraction of sp³-hybridized carbons (Fsp3) is 0.667. The lowest BCUT2D eigenvalue weighted by atomic mass is 10.0. The van der Waals surface area contributed by atoms with Crippen LogP contribution < -0.4 is 0 Å². The Morgan fingerprint density at radius 2 is 1.49 bits per heavy atom. The van der Waals surface area contributed by atoms with Gasteiger partial charge in [-0.2, -0.15) is 0 Å². The molecule has 7 heteroatoms. The van der Waals surface area contributed by atoms with Crippen LogP contribution in [0.25, 0.3) is 16.8 Å². The number of unbranched alkanes of at least 4 members (excludes halogenated alkanes) is 3. The monoisotopic (exact) mass is 627 g/mol. The van der Waals surface area contributed by atoms with Crippen molar-refractivity contribution in [3.8, 4) is 0 Å². The third-order valence-corrected chi connectivity index (χ3v) is 18.6. The number of carbonyl (C=O) groups is 1. The molecule has 1 heterocycles. The molecule has 2 aromatic rings. The first kappa shape index (κ1) is 37.4. The van der Waals surface area contributed by atoms with Crippen molar-refractivity contribution in [2.24, 2.45) is 0 Å². The molecule has 2 rings (SSSR count). The van der Waals surface area contributed by atoms with Crippen LogP contribution >= 0.6 is 0 Å². The van der Waals surface area contributed by atoms with Crippen molar-refractivity contribution in [3.05, 3.63) is 47.8 Å². The molecule has 0 amide bonds. The second-order valence-electron chi connectivity index (χ2n) is 15.1. The van der Waals surface area contributed by atoms with E-state index in [9.17, 15) is 4.79 Å². The van der Waals surface area contributed by atoms with Gasteiger partial charge in [-0.3, -0.25) is 9.78 Å². The van der Waals surface area contributed by atoms with Gasteiger partial charge >= 0.3 is 5.97 Å². The maximum absolute atomic E-state index is 12.0. The van der Waals surface area contributed by atoms with Gasteiger partial charge in [-0.05, 0) is 67.3 Å². The second-order valence-corrected chi connectivity index (χ2v) is 24.6. The van der Waals surface area contributed by atoms with Crippen LogP contribution in [0.3, 0.4) is 0 Å². The van der Waals surface area contributed by atoms with Crippen molar-refractivity contribution in [2.75, 3.05) is 7.11 Å². The summed E-state index contributed by atoms with van der Waals surface area (Å²) in [5, 5.41) is 2.54. The standard InChI is InChI=1S/C36H61NO4Si2/c1-13-14-15-16-22-31-30-21-18-17-20-29(30)28(27-37-31)25-26-33(41-43(11,12)36(5,6)7)32(23-19-24-34(38)39-8)40-42(9,10)35(2,3)4/h17-18,20-21,25-27,32-33H,13-16,19,22-24H2,1-12H3/b26-25+. The number of aryl methyl sites for hydroxylation is 1. The summed E-state index contributed by atoms with van der Waals surface area (Å²) in [5.41, 5.74) is 2.28. The quantitative estimate of drug-likeness (QED) is 0.105. The van der Waals surface area contributed by atoms with E-state index in [-0.39, 0.29) is 28.3 Å². The van der Waals surface area contributed by atoms with E-state index in [0.717, 1.165) is 18.4 Å². The fourth-order valence-electron chi connectivity index (χ4n) is 4.67. The molecule has 242 valence electrons. The molecule has 0 saturated heterocycles. The number of pyridine rings is 1. The van der Waals surface area contributed by atoms with Gasteiger partial charge in [0.15, 0.2) is 16.6 Å². The van der Waals surface area contributed by atoms with E-state index in [1.165, 1.54) is 49.3 Å². The molecule has 0 fully saturated rings. The predicted molar refractivity (Wildman–Crippen MR) is 189 cm³/mol. The average Bonchev–Trinajstić information content (AvgIpc) is 2.91. The smallest absolute Gasteiger partial charge is 0.305 e. The number of hydrogen-bond donors (Lipinski definition) is 0. The molecule has 0 aliphatic rings. The van der Waals surface area contributed by atoms with Crippen LogP contribution in [0.5, 0.6) is 0 Å². The highest BCUT2D eigenvalue weighted by Gasteiger charge is 2.44. The third-order valence-electron chi connectivity index (χ3n) is 9.59. The van der Waals surface area contributed by atoms with Crippen molar-refractivity contribution >= 4 is 39.5 Å². The molecule has 1 aromatic heterocycles. The zero-order chi connectivity index (χ0) is 32.5. The van der Waals surface area contributed by atoms with E-state index >= 15 is 0 Å². The first-order valence-electron chi connectivity index (χ1n) is 16.4. The fourth-order valence-corrected chi connectivity index (χ4v) is 7.30. The number of methoxy groups -OCH3 is 1. The molecule has 0 radical (unpaired) electrons. The van der Waals surface area contributed by atoms with Crippen LogP contribution in [0.1, 0.15) is 105 Å². The minimum atomic E-state index is -2.17. The molecule has 0 bridgehead atoms. The summed E-state index contributed by atoms with van der Waals surface area (Å²) < 4.78 is 19.2. The third kappa shape index (κ3) is 10.9. The van der Waals surface area contributed by atoms with Gasteiger partial charge in [0.2, 0.25) is 0 Å². The van der Waals surface area contributed by atoms with E-state index < -0.39 is 16.6 Å². The highest BCUT2D eigenvalue weighted by atomic mass is 28.4. The van der Waals surface area contributed by atoms with Gasteiger partial charge in [-0.15, -0.1) is 0 Å². The Morgan fingerprint density at radius 3 is 2.07 bits per heavy atom. The summed E-state index contributed by atoms with van der Waals surface area (Å²) in [6, 6.07) is 8.63. The van der Waals surface area contributed by atoms with Gasteiger partial charge in [0.25, 0.3) is 0 Å². The van der Waals surface area contributed by atoms with Crippen LogP contribution in [-0.4, -0.2) is 46.9 Å². The number of aromatic nitrogens is 1. The van der Waals surface area contributed by atoms with Gasteiger partial charge in [0.05, 0.1) is 19.3 Å². The largest absolute Gasteiger partial charge is 0.469 e. The molecule has 1 aromatic carbocycles. The number of ether oxygens (including phenoxy) is 1. The van der Waals surface area contributed by atoms with Crippen LogP contribution in [0.15, 0.2) is 36.5 Å².